The van der Waals surface area contributed by atoms with Crippen LogP contribution in [0.4, 0.5) is 0 Å². The largest absolute Gasteiger partial charge is 0.305 e. The molecule has 0 spiro atoms. The molecular formula is C18H32N2O2S2. The zero-order valence-corrected chi connectivity index (χ0v) is 17.8. The lowest BCUT2D eigenvalue weighted by Gasteiger charge is -2.48. The minimum atomic E-state index is -0.287. The topological polar surface area (TPSA) is 58.2 Å². The molecule has 0 bridgehead atoms. The Kier molecular flexibility index (Phi) is 5.31. The van der Waals surface area contributed by atoms with E-state index in [1.165, 1.54) is 0 Å². The maximum Gasteiger partial charge on any atom is 0.150 e. The van der Waals surface area contributed by atoms with Crippen molar-refractivity contribution in [2.45, 2.75) is 101 Å². The maximum atomic E-state index is 12.7. The molecule has 2 aliphatic rings. The van der Waals surface area contributed by atoms with Crippen molar-refractivity contribution in [2.24, 2.45) is 0 Å². The van der Waals surface area contributed by atoms with E-state index in [9.17, 15) is 9.59 Å². The molecule has 138 valence electrons. The van der Waals surface area contributed by atoms with Gasteiger partial charge in [-0.25, -0.2) is 0 Å². The Balaban J connectivity index is 2.10. The second-order valence-electron chi connectivity index (χ2n) is 9.70. The Hall–Kier alpha value is -0.0400. The van der Waals surface area contributed by atoms with Crippen molar-refractivity contribution in [1.82, 2.24) is 10.6 Å². The molecule has 2 saturated heterocycles. The number of hydrogen-bond acceptors (Lipinski definition) is 6. The van der Waals surface area contributed by atoms with Crippen LogP contribution in [0, 0.1) is 0 Å². The average Bonchev–Trinajstić information content (AvgIpc) is 2.25. The van der Waals surface area contributed by atoms with E-state index in [1.54, 1.807) is 21.6 Å². The summed E-state index contributed by atoms with van der Waals surface area (Å²) in [5.74, 6) is 0.547. The van der Waals surface area contributed by atoms with Crippen molar-refractivity contribution >= 4 is 33.2 Å². The molecule has 2 fully saturated rings. The van der Waals surface area contributed by atoms with E-state index in [-0.39, 0.29) is 44.2 Å². The Morgan fingerprint density at radius 1 is 0.708 bits per heavy atom. The van der Waals surface area contributed by atoms with Crippen molar-refractivity contribution < 1.29 is 9.59 Å². The van der Waals surface area contributed by atoms with Gasteiger partial charge in [0.25, 0.3) is 0 Å². The van der Waals surface area contributed by atoms with Crippen molar-refractivity contribution in [3.63, 3.8) is 0 Å². The van der Waals surface area contributed by atoms with Crippen LogP contribution in [0.15, 0.2) is 0 Å². The summed E-state index contributed by atoms with van der Waals surface area (Å²) in [5.41, 5.74) is -0.919. The van der Waals surface area contributed by atoms with Crippen LogP contribution in [0.2, 0.25) is 0 Å². The normalized spacial score (nSPS) is 34.2. The number of piperidine rings is 2. The van der Waals surface area contributed by atoms with Crippen LogP contribution >= 0.6 is 21.6 Å². The quantitative estimate of drug-likeness (QED) is 0.741. The summed E-state index contributed by atoms with van der Waals surface area (Å²) in [5, 5.41) is 6.89. The molecule has 0 radical (unpaired) electrons. The Morgan fingerprint density at radius 2 is 1.00 bits per heavy atom. The highest BCUT2D eigenvalue weighted by Crippen LogP contribution is 2.45. The van der Waals surface area contributed by atoms with Gasteiger partial charge < -0.3 is 10.6 Å². The Bertz CT molecular complexity index is 493. The van der Waals surface area contributed by atoms with E-state index >= 15 is 0 Å². The van der Waals surface area contributed by atoms with Crippen molar-refractivity contribution in [2.75, 3.05) is 0 Å². The smallest absolute Gasteiger partial charge is 0.150 e. The van der Waals surface area contributed by atoms with Crippen LogP contribution in [-0.2, 0) is 9.59 Å². The molecule has 4 nitrogen and oxygen atoms in total. The zero-order chi connectivity index (χ0) is 18.6. The Morgan fingerprint density at radius 3 is 1.25 bits per heavy atom. The highest BCUT2D eigenvalue weighted by atomic mass is 33.1. The molecule has 2 rings (SSSR count). The van der Waals surface area contributed by atoms with Crippen LogP contribution < -0.4 is 10.6 Å². The number of ketones is 2. The lowest BCUT2D eigenvalue weighted by atomic mass is 9.81. The first-order chi connectivity index (χ1) is 10.7. The monoisotopic (exact) mass is 372 g/mol. The number of carbonyl (C=O) groups is 2. The van der Waals surface area contributed by atoms with Gasteiger partial charge in [0.1, 0.15) is 11.6 Å². The molecule has 0 aliphatic carbocycles. The van der Waals surface area contributed by atoms with Gasteiger partial charge in [-0.1, -0.05) is 21.6 Å². The number of nitrogens with one attached hydrogen (secondary N) is 2. The molecule has 2 atom stereocenters. The van der Waals surface area contributed by atoms with Gasteiger partial charge in [0.15, 0.2) is 0 Å². The zero-order valence-electron chi connectivity index (χ0n) is 16.2. The van der Waals surface area contributed by atoms with E-state index in [0.29, 0.717) is 12.8 Å². The van der Waals surface area contributed by atoms with E-state index in [1.807, 2.05) is 0 Å². The van der Waals surface area contributed by atoms with Crippen LogP contribution in [0.25, 0.3) is 0 Å². The third kappa shape index (κ3) is 4.37. The van der Waals surface area contributed by atoms with Gasteiger partial charge in [0.2, 0.25) is 0 Å². The first-order valence-corrected chi connectivity index (χ1v) is 10.9. The average molecular weight is 373 g/mol. The third-order valence-electron chi connectivity index (χ3n) is 4.70. The summed E-state index contributed by atoms with van der Waals surface area (Å²) in [6.07, 6.45) is 1.06. The lowest BCUT2D eigenvalue weighted by molar-refractivity contribution is -0.124. The number of rotatable bonds is 3. The number of hydrogen-bond donors (Lipinski definition) is 2. The third-order valence-corrected chi connectivity index (χ3v) is 8.39. The van der Waals surface area contributed by atoms with E-state index < -0.39 is 0 Å². The molecule has 24 heavy (non-hydrogen) atoms. The van der Waals surface area contributed by atoms with E-state index in [2.05, 4.69) is 66.0 Å². The van der Waals surface area contributed by atoms with Crippen LogP contribution in [0.3, 0.4) is 0 Å². The Labute approximate surface area is 154 Å². The predicted octanol–water partition coefficient (Wildman–Crippen LogP) is 3.34. The highest BCUT2D eigenvalue weighted by Gasteiger charge is 2.49. The van der Waals surface area contributed by atoms with Gasteiger partial charge in [-0.15, -0.1) is 0 Å². The number of Topliss-reactive ketones (excluding diaryl/α,β-unsaturated/α-hetero) is 2. The summed E-state index contributed by atoms with van der Waals surface area (Å²) >= 11 is 0. The van der Waals surface area contributed by atoms with Crippen LogP contribution in [0.5, 0.6) is 0 Å². The summed E-state index contributed by atoms with van der Waals surface area (Å²) in [6.45, 7) is 16.6. The highest BCUT2D eigenvalue weighted by molar-refractivity contribution is 8.77. The number of carbonyl (C=O) groups excluding carboxylic acids is 2. The van der Waals surface area contributed by atoms with Gasteiger partial charge in [-0.2, -0.15) is 0 Å². The molecule has 0 aromatic carbocycles. The maximum absolute atomic E-state index is 12.7. The second kappa shape index (κ2) is 6.29. The van der Waals surface area contributed by atoms with Gasteiger partial charge in [0.05, 0.1) is 10.5 Å². The molecule has 2 N–H and O–H groups in total. The lowest BCUT2D eigenvalue weighted by Crippen LogP contribution is -2.66. The molecule has 6 heteroatoms. The molecule has 2 heterocycles. The molecule has 0 amide bonds. The predicted molar refractivity (Wildman–Crippen MR) is 105 cm³/mol. The van der Waals surface area contributed by atoms with Gasteiger partial charge in [-0.3, -0.25) is 9.59 Å². The molecule has 2 aliphatic heterocycles. The van der Waals surface area contributed by atoms with Crippen LogP contribution in [0.1, 0.15) is 68.2 Å². The molecule has 2 unspecified atom stereocenters. The summed E-state index contributed by atoms with van der Waals surface area (Å²) in [7, 11) is 3.14. The molecule has 0 saturated carbocycles. The summed E-state index contributed by atoms with van der Waals surface area (Å²) in [4.78, 5) is 25.3. The first-order valence-electron chi connectivity index (χ1n) is 8.62. The van der Waals surface area contributed by atoms with Crippen molar-refractivity contribution in [3.8, 4) is 0 Å². The molecular weight excluding hydrogens is 340 g/mol. The minimum Gasteiger partial charge on any atom is -0.305 e. The van der Waals surface area contributed by atoms with Gasteiger partial charge in [0, 0.05) is 35.0 Å². The standard InChI is InChI=1S/C18H32N2O2S2/c1-15(2)9-11(21)13(17(5,6)19-15)23-24-14-12(22)10-16(3,4)20-18(14,7)8/h13-14,19-20H,9-10H2,1-8H3. The summed E-state index contributed by atoms with van der Waals surface area (Å²) < 4.78 is 0. The van der Waals surface area contributed by atoms with Crippen LogP contribution in [-0.4, -0.2) is 44.2 Å². The minimum absolute atomic E-state index is 0.144. The first kappa shape index (κ1) is 20.3. The van der Waals surface area contributed by atoms with Crippen molar-refractivity contribution in [1.29, 1.82) is 0 Å². The van der Waals surface area contributed by atoms with Crippen molar-refractivity contribution in [3.05, 3.63) is 0 Å². The van der Waals surface area contributed by atoms with E-state index in [4.69, 9.17) is 0 Å². The summed E-state index contributed by atoms with van der Waals surface area (Å²) in [6, 6.07) is 0. The SMILES string of the molecule is CC1(C)CC(=O)C(SSC2C(=O)CC(C)(C)NC2(C)C)C(C)(C)N1. The fraction of sp³-hybridized carbons (Fsp3) is 0.889. The fourth-order valence-electron chi connectivity index (χ4n) is 4.28. The van der Waals surface area contributed by atoms with Gasteiger partial charge >= 0.3 is 0 Å². The molecule has 0 aromatic rings. The van der Waals surface area contributed by atoms with E-state index in [0.717, 1.165) is 0 Å². The second-order valence-corrected chi connectivity index (χ2v) is 12.2. The van der Waals surface area contributed by atoms with Gasteiger partial charge in [-0.05, 0) is 55.4 Å². The molecule has 0 aromatic heterocycles. The fourth-order valence-corrected chi connectivity index (χ4v) is 8.24.